The van der Waals surface area contributed by atoms with Crippen molar-refractivity contribution in [1.29, 1.82) is 0 Å². The summed E-state index contributed by atoms with van der Waals surface area (Å²) in [6.07, 6.45) is 5.77. The van der Waals surface area contributed by atoms with Crippen molar-refractivity contribution in [3.8, 4) is 0 Å². The van der Waals surface area contributed by atoms with Gasteiger partial charge in [-0.3, -0.25) is 0 Å². The largest absolute Gasteiger partial charge is 0.357 e. The van der Waals surface area contributed by atoms with Gasteiger partial charge in [-0.05, 0) is 29.2 Å². The molecule has 3 aromatic carbocycles. The first-order valence-corrected chi connectivity index (χ1v) is 9.67. The summed E-state index contributed by atoms with van der Waals surface area (Å²) in [7, 11) is 0. The van der Waals surface area contributed by atoms with Gasteiger partial charge in [0.15, 0.2) is 0 Å². The monoisotopic (exact) mass is 339 g/mol. The molecule has 1 aliphatic rings. The summed E-state index contributed by atoms with van der Waals surface area (Å²) in [5.74, 6) is 0.602. The van der Waals surface area contributed by atoms with Crippen molar-refractivity contribution in [2.45, 2.75) is 13.3 Å². The van der Waals surface area contributed by atoms with Gasteiger partial charge < -0.3 is 4.98 Å². The Kier molecular flexibility index (Phi) is 2.59. The van der Waals surface area contributed by atoms with Crippen LogP contribution in [0.2, 0.25) is 0 Å². The van der Waals surface area contributed by atoms with E-state index in [1.54, 1.807) is 0 Å². The number of hydrogen-bond acceptors (Lipinski definition) is 1. The highest BCUT2D eigenvalue weighted by atomic mass is 32.1. The molecule has 1 nitrogen and oxygen atoms in total. The summed E-state index contributed by atoms with van der Waals surface area (Å²) in [5.41, 5.74) is 4.10. The molecule has 1 N–H and O–H groups in total. The lowest BCUT2D eigenvalue weighted by molar-refractivity contribution is 0.706. The second-order valence-electron chi connectivity index (χ2n) is 7.16. The van der Waals surface area contributed by atoms with Gasteiger partial charge in [0.25, 0.3) is 0 Å². The molecule has 0 bridgehead atoms. The van der Waals surface area contributed by atoms with Gasteiger partial charge in [0.2, 0.25) is 0 Å². The van der Waals surface area contributed by atoms with Gasteiger partial charge in [-0.15, -0.1) is 11.3 Å². The van der Waals surface area contributed by atoms with Crippen LogP contribution in [0.5, 0.6) is 0 Å². The zero-order valence-corrected chi connectivity index (χ0v) is 14.8. The van der Waals surface area contributed by atoms with Crippen LogP contribution in [0.15, 0.2) is 54.6 Å². The van der Waals surface area contributed by atoms with Gasteiger partial charge in [-0.2, -0.15) is 0 Å². The molecule has 1 atom stereocenters. The average Bonchev–Trinajstić information content (AvgIpc) is 3.20. The minimum atomic E-state index is 0.602. The van der Waals surface area contributed by atoms with Gasteiger partial charge in [0.05, 0.1) is 10.2 Å². The van der Waals surface area contributed by atoms with Crippen LogP contribution in [-0.2, 0) is 6.42 Å². The van der Waals surface area contributed by atoms with Crippen molar-refractivity contribution in [1.82, 2.24) is 4.98 Å². The highest BCUT2D eigenvalue weighted by molar-refractivity contribution is 7.26. The van der Waals surface area contributed by atoms with Gasteiger partial charge in [-0.25, -0.2) is 0 Å². The van der Waals surface area contributed by atoms with Crippen molar-refractivity contribution in [3.63, 3.8) is 0 Å². The predicted molar refractivity (Wildman–Crippen MR) is 111 cm³/mol. The molecule has 0 spiro atoms. The average molecular weight is 339 g/mol. The predicted octanol–water partition coefficient (Wildman–Crippen LogP) is 6.89. The second kappa shape index (κ2) is 4.74. The fraction of sp³-hybridized carbons (Fsp3) is 0.130. The molecule has 6 rings (SSSR count). The maximum absolute atomic E-state index is 3.80. The molecule has 2 heteroatoms. The summed E-state index contributed by atoms with van der Waals surface area (Å²) >= 11 is 1.91. The number of thiophene rings is 1. The molecule has 0 fully saturated rings. The number of H-pyrrole nitrogens is 1. The minimum absolute atomic E-state index is 0.602. The molecule has 25 heavy (non-hydrogen) atoms. The van der Waals surface area contributed by atoms with E-state index in [2.05, 4.69) is 72.6 Å². The van der Waals surface area contributed by atoms with Crippen molar-refractivity contribution in [2.24, 2.45) is 5.92 Å². The van der Waals surface area contributed by atoms with Crippen LogP contribution < -0.4 is 0 Å². The van der Waals surface area contributed by atoms with Crippen LogP contribution in [0.3, 0.4) is 0 Å². The third-order valence-corrected chi connectivity index (χ3v) is 6.71. The first kappa shape index (κ1) is 13.7. The van der Waals surface area contributed by atoms with Crippen LogP contribution in [0.1, 0.15) is 18.2 Å². The zero-order chi connectivity index (χ0) is 16.5. The van der Waals surface area contributed by atoms with E-state index in [0.717, 1.165) is 6.42 Å². The molecule has 0 amide bonds. The molecule has 1 aliphatic carbocycles. The molecule has 120 valence electrons. The molecule has 0 saturated heterocycles. The maximum Gasteiger partial charge on any atom is 0.0650 e. The second-order valence-corrected chi connectivity index (χ2v) is 8.21. The van der Waals surface area contributed by atoms with Crippen LogP contribution in [0, 0.1) is 5.92 Å². The Labute approximate surface area is 149 Å². The quantitative estimate of drug-likeness (QED) is 0.316. The number of allylic oxidation sites excluding steroid dienone is 1. The molecule has 2 aromatic heterocycles. The summed E-state index contributed by atoms with van der Waals surface area (Å²) in [4.78, 5) is 3.80. The van der Waals surface area contributed by atoms with Crippen molar-refractivity contribution < 1.29 is 0 Å². The van der Waals surface area contributed by atoms with E-state index in [-0.39, 0.29) is 0 Å². The Morgan fingerprint density at radius 2 is 1.64 bits per heavy atom. The van der Waals surface area contributed by atoms with E-state index in [4.69, 9.17) is 0 Å². The molecule has 1 unspecified atom stereocenters. The SMILES string of the molecule is CC1C=Cc2c([nH]c3c4sc5ccccc5c4c4ccccc4c23)C1. The number of aromatic amines is 1. The number of aromatic nitrogens is 1. The lowest BCUT2D eigenvalue weighted by atomic mass is 9.92. The van der Waals surface area contributed by atoms with Gasteiger partial charge in [-0.1, -0.05) is 61.5 Å². The van der Waals surface area contributed by atoms with E-state index in [9.17, 15) is 0 Å². The normalized spacial score (nSPS) is 17.1. The van der Waals surface area contributed by atoms with Crippen molar-refractivity contribution in [2.75, 3.05) is 0 Å². The number of hydrogen-bond donors (Lipinski definition) is 1. The zero-order valence-electron chi connectivity index (χ0n) is 14.0. The molecular weight excluding hydrogens is 322 g/mol. The number of rotatable bonds is 0. The highest BCUT2D eigenvalue weighted by Gasteiger charge is 2.21. The highest BCUT2D eigenvalue weighted by Crippen LogP contribution is 2.46. The van der Waals surface area contributed by atoms with Gasteiger partial charge >= 0.3 is 0 Å². The Morgan fingerprint density at radius 3 is 2.48 bits per heavy atom. The molecule has 5 aromatic rings. The molecule has 0 radical (unpaired) electrons. The van der Waals surface area contributed by atoms with Gasteiger partial charge in [0.1, 0.15) is 0 Å². The maximum atomic E-state index is 3.80. The summed E-state index contributed by atoms with van der Waals surface area (Å²) in [6, 6.07) is 17.7. The van der Waals surface area contributed by atoms with Crippen LogP contribution in [0.4, 0.5) is 0 Å². The van der Waals surface area contributed by atoms with Crippen LogP contribution in [-0.4, -0.2) is 4.98 Å². The van der Waals surface area contributed by atoms with E-state index < -0.39 is 0 Å². The summed E-state index contributed by atoms with van der Waals surface area (Å²) < 4.78 is 2.76. The van der Waals surface area contributed by atoms with Crippen LogP contribution in [0.25, 0.3) is 47.9 Å². The summed E-state index contributed by atoms with van der Waals surface area (Å²) in [5, 5.41) is 6.91. The molecule has 0 aliphatic heterocycles. The Balaban J connectivity index is 1.95. The van der Waals surface area contributed by atoms with E-state index >= 15 is 0 Å². The standard InChI is InChI=1S/C23H17NS/c1-13-10-11-16-18(12-13)24-22-20(16)14-6-2-3-7-15(14)21-17-8-4-5-9-19(17)25-23(21)22/h2-11,13,24H,12H2,1H3. The lowest BCUT2D eigenvalue weighted by Crippen LogP contribution is -2.01. The number of benzene rings is 3. The van der Waals surface area contributed by atoms with E-state index in [1.165, 1.54) is 53.1 Å². The number of fused-ring (bicyclic) bond motifs is 10. The molecular formula is C23H17NS. The molecule has 2 heterocycles. The first-order valence-electron chi connectivity index (χ1n) is 8.86. The number of nitrogens with one attached hydrogen (secondary N) is 1. The smallest absolute Gasteiger partial charge is 0.0650 e. The Hall–Kier alpha value is -2.58. The third kappa shape index (κ3) is 1.73. The minimum Gasteiger partial charge on any atom is -0.357 e. The lowest BCUT2D eigenvalue weighted by Gasteiger charge is -2.11. The molecule has 0 saturated carbocycles. The first-order chi connectivity index (χ1) is 12.3. The topological polar surface area (TPSA) is 15.8 Å². The Morgan fingerprint density at radius 1 is 0.920 bits per heavy atom. The fourth-order valence-corrected chi connectivity index (χ4v) is 5.64. The fourth-order valence-electron chi connectivity index (χ4n) is 4.42. The van der Waals surface area contributed by atoms with Crippen molar-refractivity contribution in [3.05, 3.63) is 65.9 Å². The van der Waals surface area contributed by atoms with Crippen LogP contribution >= 0.6 is 11.3 Å². The third-order valence-electron chi connectivity index (χ3n) is 5.53. The summed E-state index contributed by atoms with van der Waals surface area (Å²) in [6.45, 7) is 2.29. The Bertz CT molecular complexity index is 1330. The van der Waals surface area contributed by atoms with Crippen molar-refractivity contribution >= 4 is 59.3 Å². The van der Waals surface area contributed by atoms with E-state index in [0.29, 0.717) is 5.92 Å². The van der Waals surface area contributed by atoms with E-state index in [1.807, 2.05) is 11.3 Å². The van der Waals surface area contributed by atoms with Gasteiger partial charge in [0, 0.05) is 32.1 Å².